The second-order valence-corrected chi connectivity index (χ2v) is 5.20. The topological polar surface area (TPSA) is 25.2 Å². The molecule has 1 heterocycles. The highest BCUT2D eigenvalue weighted by Gasteiger charge is 2.16. The first-order valence-electron chi connectivity index (χ1n) is 6.86. The zero-order valence-electron chi connectivity index (χ0n) is 11.8. The fraction of sp³-hybridized carbons (Fsp3) is 0.500. The lowest BCUT2D eigenvalue weighted by atomic mass is 9.97. The van der Waals surface area contributed by atoms with Crippen LogP contribution in [-0.2, 0) is 13.0 Å². The number of fused-ring (bicyclic) bond motifs is 1. The molecule has 0 aliphatic carbocycles. The van der Waals surface area contributed by atoms with Crippen LogP contribution in [0.15, 0.2) is 22.6 Å². The van der Waals surface area contributed by atoms with Gasteiger partial charge in [0, 0.05) is 10.9 Å². The second-order valence-electron chi connectivity index (χ2n) is 5.20. The Hall–Kier alpha value is -1.28. The van der Waals surface area contributed by atoms with Gasteiger partial charge in [-0.2, -0.15) is 0 Å². The van der Waals surface area contributed by atoms with Gasteiger partial charge in [0.2, 0.25) is 0 Å². The Morgan fingerprint density at radius 3 is 2.67 bits per heavy atom. The average molecular weight is 245 g/mol. The Labute approximate surface area is 109 Å². The van der Waals surface area contributed by atoms with Crippen molar-refractivity contribution in [3.8, 4) is 0 Å². The molecule has 1 N–H and O–H groups in total. The van der Waals surface area contributed by atoms with E-state index in [-0.39, 0.29) is 0 Å². The highest BCUT2D eigenvalue weighted by atomic mass is 16.3. The van der Waals surface area contributed by atoms with E-state index in [1.165, 1.54) is 22.9 Å². The van der Waals surface area contributed by atoms with E-state index in [1.807, 2.05) is 7.05 Å². The molecular weight excluding hydrogens is 222 g/mol. The Kier molecular flexibility index (Phi) is 4.07. The lowest BCUT2D eigenvalue weighted by Crippen LogP contribution is -2.06. The summed E-state index contributed by atoms with van der Waals surface area (Å²) in [5.41, 5.74) is 3.78. The van der Waals surface area contributed by atoms with Crippen LogP contribution in [0.3, 0.4) is 0 Å². The smallest absolute Gasteiger partial charge is 0.134 e. The Morgan fingerprint density at radius 2 is 2.06 bits per heavy atom. The van der Waals surface area contributed by atoms with E-state index in [0.29, 0.717) is 5.92 Å². The van der Waals surface area contributed by atoms with Crippen LogP contribution in [0.1, 0.15) is 50.0 Å². The van der Waals surface area contributed by atoms with Crippen LogP contribution in [0, 0.1) is 0 Å². The summed E-state index contributed by atoms with van der Waals surface area (Å²) < 4.78 is 5.97. The molecule has 0 spiro atoms. The first-order valence-corrected chi connectivity index (χ1v) is 6.86. The summed E-state index contributed by atoms with van der Waals surface area (Å²) in [7, 11) is 1.96. The molecule has 18 heavy (non-hydrogen) atoms. The molecule has 2 rings (SSSR count). The summed E-state index contributed by atoms with van der Waals surface area (Å²) in [5, 5.41) is 4.48. The molecule has 0 fully saturated rings. The molecule has 0 aliphatic rings. The molecule has 2 nitrogen and oxygen atoms in total. The van der Waals surface area contributed by atoms with Crippen molar-refractivity contribution < 1.29 is 4.42 Å². The van der Waals surface area contributed by atoms with Crippen LogP contribution < -0.4 is 5.32 Å². The van der Waals surface area contributed by atoms with E-state index >= 15 is 0 Å². The SMILES string of the molecule is CCCc1ccc2oc(CNC)c(C(C)C)c2c1. The molecule has 0 bridgehead atoms. The van der Waals surface area contributed by atoms with Gasteiger partial charge in [-0.25, -0.2) is 0 Å². The maximum Gasteiger partial charge on any atom is 0.134 e. The van der Waals surface area contributed by atoms with Gasteiger partial charge in [0.05, 0.1) is 6.54 Å². The molecule has 2 aromatic rings. The van der Waals surface area contributed by atoms with Gasteiger partial charge < -0.3 is 9.73 Å². The Balaban J connectivity index is 2.56. The fourth-order valence-electron chi connectivity index (χ4n) is 2.58. The van der Waals surface area contributed by atoms with Crippen molar-refractivity contribution in [2.75, 3.05) is 7.05 Å². The first-order chi connectivity index (χ1) is 8.67. The van der Waals surface area contributed by atoms with Crippen molar-refractivity contribution in [2.45, 2.75) is 46.1 Å². The standard InChI is InChI=1S/C16H23NO/c1-5-6-12-7-8-14-13(9-12)16(11(2)3)15(18-14)10-17-4/h7-9,11,17H,5-6,10H2,1-4H3. The molecule has 0 saturated heterocycles. The largest absolute Gasteiger partial charge is 0.459 e. The number of hydrogen-bond donors (Lipinski definition) is 1. The summed E-state index contributed by atoms with van der Waals surface area (Å²) in [6.07, 6.45) is 2.32. The Bertz CT molecular complexity index is 525. The minimum atomic E-state index is 0.492. The number of rotatable bonds is 5. The normalized spacial score (nSPS) is 11.6. The lowest BCUT2D eigenvalue weighted by molar-refractivity contribution is 0.520. The number of hydrogen-bond acceptors (Lipinski definition) is 2. The molecule has 1 aromatic heterocycles. The van der Waals surface area contributed by atoms with E-state index in [1.54, 1.807) is 0 Å². The number of benzene rings is 1. The highest BCUT2D eigenvalue weighted by Crippen LogP contribution is 2.32. The molecule has 2 heteroatoms. The van der Waals surface area contributed by atoms with E-state index in [9.17, 15) is 0 Å². The Morgan fingerprint density at radius 1 is 1.28 bits per heavy atom. The average Bonchev–Trinajstić information content (AvgIpc) is 2.67. The molecule has 0 atom stereocenters. The third-order valence-corrected chi connectivity index (χ3v) is 3.32. The van der Waals surface area contributed by atoms with Crippen molar-refractivity contribution in [1.29, 1.82) is 0 Å². The predicted molar refractivity (Wildman–Crippen MR) is 77.1 cm³/mol. The first kappa shape index (κ1) is 13.2. The molecule has 0 amide bonds. The van der Waals surface area contributed by atoms with Gasteiger partial charge >= 0.3 is 0 Å². The van der Waals surface area contributed by atoms with Crippen molar-refractivity contribution in [2.24, 2.45) is 0 Å². The number of aryl methyl sites for hydroxylation is 1. The predicted octanol–water partition coefficient (Wildman–Crippen LogP) is 4.23. The molecule has 0 unspecified atom stereocenters. The van der Waals surface area contributed by atoms with E-state index < -0.39 is 0 Å². The highest BCUT2D eigenvalue weighted by molar-refractivity contribution is 5.83. The second kappa shape index (κ2) is 5.57. The van der Waals surface area contributed by atoms with Crippen LogP contribution in [-0.4, -0.2) is 7.05 Å². The summed E-state index contributed by atoms with van der Waals surface area (Å²) >= 11 is 0. The maximum atomic E-state index is 5.97. The quantitative estimate of drug-likeness (QED) is 0.852. The van der Waals surface area contributed by atoms with Gasteiger partial charge in [-0.15, -0.1) is 0 Å². The van der Waals surface area contributed by atoms with Crippen molar-refractivity contribution in [1.82, 2.24) is 5.32 Å². The van der Waals surface area contributed by atoms with Gasteiger partial charge in [-0.05, 0) is 37.1 Å². The lowest BCUT2D eigenvalue weighted by Gasteiger charge is -2.06. The van der Waals surface area contributed by atoms with Crippen molar-refractivity contribution in [3.05, 3.63) is 35.1 Å². The van der Waals surface area contributed by atoms with Crippen molar-refractivity contribution >= 4 is 11.0 Å². The monoisotopic (exact) mass is 245 g/mol. The molecule has 0 saturated carbocycles. The minimum absolute atomic E-state index is 0.492. The third-order valence-electron chi connectivity index (χ3n) is 3.32. The van der Waals surface area contributed by atoms with Gasteiger partial charge in [-0.1, -0.05) is 33.3 Å². The zero-order chi connectivity index (χ0) is 13.1. The van der Waals surface area contributed by atoms with E-state index in [0.717, 1.165) is 24.3 Å². The molecular formula is C16H23NO. The maximum absolute atomic E-state index is 5.97. The molecule has 1 aromatic carbocycles. The summed E-state index contributed by atoms with van der Waals surface area (Å²) in [5.74, 6) is 1.57. The number of furan rings is 1. The van der Waals surface area contributed by atoms with E-state index in [4.69, 9.17) is 4.42 Å². The number of nitrogens with one attached hydrogen (secondary N) is 1. The van der Waals surface area contributed by atoms with Gasteiger partial charge in [0.15, 0.2) is 0 Å². The molecule has 0 aliphatic heterocycles. The van der Waals surface area contributed by atoms with Gasteiger partial charge in [-0.3, -0.25) is 0 Å². The molecule has 98 valence electrons. The zero-order valence-corrected chi connectivity index (χ0v) is 11.8. The van der Waals surface area contributed by atoms with Crippen LogP contribution in [0.25, 0.3) is 11.0 Å². The van der Waals surface area contributed by atoms with E-state index in [2.05, 4.69) is 44.3 Å². The van der Waals surface area contributed by atoms with Crippen LogP contribution in [0.4, 0.5) is 0 Å². The van der Waals surface area contributed by atoms with Gasteiger partial charge in [0.25, 0.3) is 0 Å². The fourth-order valence-corrected chi connectivity index (χ4v) is 2.58. The summed E-state index contributed by atoms with van der Waals surface area (Å²) in [4.78, 5) is 0. The van der Waals surface area contributed by atoms with Crippen LogP contribution >= 0.6 is 0 Å². The third kappa shape index (κ3) is 2.44. The van der Waals surface area contributed by atoms with Crippen LogP contribution in [0.2, 0.25) is 0 Å². The van der Waals surface area contributed by atoms with Gasteiger partial charge in [0.1, 0.15) is 11.3 Å². The van der Waals surface area contributed by atoms with Crippen molar-refractivity contribution in [3.63, 3.8) is 0 Å². The summed E-state index contributed by atoms with van der Waals surface area (Å²) in [6, 6.07) is 6.60. The molecule has 0 radical (unpaired) electrons. The van der Waals surface area contributed by atoms with Crippen LogP contribution in [0.5, 0.6) is 0 Å². The minimum Gasteiger partial charge on any atom is -0.459 e. The summed E-state index contributed by atoms with van der Waals surface area (Å²) in [6.45, 7) is 7.48.